The molecule has 0 saturated heterocycles. The summed E-state index contributed by atoms with van der Waals surface area (Å²) in [6.07, 6.45) is 1.88. The van der Waals surface area contributed by atoms with Crippen molar-refractivity contribution in [1.29, 1.82) is 0 Å². The quantitative estimate of drug-likeness (QED) is 0.669. The van der Waals surface area contributed by atoms with Gasteiger partial charge in [0.15, 0.2) is 0 Å². The lowest BCUT2D eigenvalue weighted by Gasteiger charge is -2.09. The van der Waals surface area contributed by atoms with Crippen LogP contribution < -0.4 is 10.6 Å². The normalized spacial score (nSPS) is 10.6. The Morgan fingerprint density at radius 1 is 1.05 bits per heavy atom. The van der Waals surface area contributed by atoms with Crippen LogP contribution in [-0.2, 0) is 6.54 Å². The van der Waals surface area contributed by atoms with Crippen molar-refractivity contribution in [2.45, 2.75) is 20.4 Å². The Morgan fingerprint density at radius 3 is 2.73 bits per heavy atom. The van der Waals surface area contributed by atoms with Gasteiger partial charge in [-0.05, 0) is 54.1 Å². The molecule has 0 aliphatic heterocycles. The van der Waals surface area contributed by atoms with Crippen LogP contribution in [0, 0.1) is 13.8 Å². The highest BCUT2D eigenvalue weighted by Gasteiger charge is 2.04. The van der Waals surface area contributed by atoms with E-state index in [1.807, 2.05) is 36.5 Å². The maximum Gasteiger partial charge on any atom is 0.319 e. The van der Waals surface area contributed by atoms with Gasteiger partial charge in [-0.15, -0.1) is 0 Å². The van der Waals surface area contributed by atoms with Gasteiger partial charge in [0.05, 0.1) is 0 Å². The van der Waals surface area contributed by atoms with Crippen LogP contribution in [0.1, 0.15) is 16.7 Å². The first-order valence-corrected chi connectivity index (χ1v) is 7.30. The second kappa shape index (κ2) is 5.93. The number of carbonyl (C=O) groups is 1. The monoisotopic (exact) mass is 293 g/mol. The van der Waals surface area contributed by atoms with Gasteiger partial charge in [0.1, 0.15) is 0 Å². The first-order chi connectivity index (χ1) is 10.6. The summed E-state index contributed by atoms with van der Waals surface area (Å²) >= 11 is 0. The molecule has 2 amide bonds. The Morgan fingerprint density at radius 2 is 1.91 bits per heavy atom. The maximum atomic E-state index is 12.0. The largest absolute Gasteiger partial charge is 0.361 e. The molecule has 0 saturated carbocycles. The first kappa shape index (κ1) is 14.2. The van der Waals surface area contributed by atoms with E-state index in [0.717, 1.165) is 22.2 Å². The number of carbonyl (C=O) groups excluding carboxylic acids is 1. The standard InChI is InChI=1S/C18H19N3O/c1-12-3-4-14(9-13(12)2)11-20-18(22)21-16-6-5-15-7-8-19-17(15)10-16/h3-10,19H,11H2,1-2H3,(H2,20,21,22). The Balaban J connectivity index is 1.60. The molecule has 0 spiro atoms. The zero-order chi connectivity index (χ0) is 15.5. The third kappa shape index (κ3) is 3.11. The summed E-state index contributed by atoms with van der Waals surface area (Å²) in [4.78, 5) is 15.1. The number of hydrogen-bond donors (Lipinski definition) is 3. The summed E-state index contributed by atoms with van der Waals surface area (Å²) in [6, 6.07) is 13.8. The van der Waals surface area contributed by atoms with Crippen molar-refractivity contribution in [1.82, 2.24) is 10.3 Å². The van der Waals surface area contributed by atoms with E-state index < -0.39 is 0 Å². The van der Waals surface area contributed by atoms with Crippen LogP contribution in [0.3, 0.4) is 0 Å². The molecule has 0 radical (unpaired) electrons. The Kier molecular flexibility index (Phi) is 3.83. The molecule has 22 heavy (non-hydrogen) atoms. The highest BCUT2D eigenvalue weighted by molar-refractivity contribution is 5.92. The summed E-state index contributed by atoms with van der Waals surface area (Å²) < 4.78 is 0. The van der Waals surface area contributed by atoms with Gasteiger partial charge in [0.25, 0.3) is 0 Å². The van der Waals surface area contributed by atoms with Crippen LogP contribution in [0.15, 0.2) is 48.7 Å². The molecule has 112 valence electrons. The fourth-order valence-electron chi connectivity index (χ4n) is 2.40. The predicted octanol–water partition coefficient (Wildman–Crippen LogP) is 4.11. The van der Waals surface area contributed by atoms with E-state index >= 15 is 0 Å². The molecule has 3 N–H and O–H groups in total. The molecule has 1 heterocycles. The lowest BCUT2D eigenvalue weighted by atomic mass is 10.1. The summed E-state index contributed by atoms with van der Waals surface area (Å²) in [5, 5.41) is 6.85. The topological polar surface area (TPSA) is 56.9 Å². The van der Waals surface area contributed by atoms with Crippen LogP contribution in [0.5, 0.6) is 0 Å². The molecule has 0 fully saturated rings. The molecule has 0 aliphatic rings. The zero-order valence-corrected chi connectivity index (χ0v) is 12.7. The number of hydrogen-bond acceptors (Lipinski definition) is 1. The number of benzene rings is 2. The molecule has 3 rings (SSSR count). The van der Waals surface area contributed by atoms with Gasteiger partial charge < -0.3 is 15.6 Å². The molecule has 0 atom stereocenters. The van der Waals surface area contributed by atoms with Crippen molar-refractivity contribution >= 4 is 22.6 Å². The lowest BCUT2D eigenvalue weighted by Crippen LogP contribution is -2.28. The third-order valence-electron chi connectivity index (χ3n) is 3.84. The molecule has 2 aromatic carbocycles. The SMILES string of the molecule is Cc1ccc(CNC(=O)Nc2ccc3cc[nH]c3c2)cc1C. The van der Waals surface area contributed by atoms with E-state index in [-0.39, 0.29) is 6.03 Å². The number of aromatic nitrogens is 1. The minimum Gasteiger partial charge on any atom is -0.361 e. The van der Waals surface area contributed by atoms with Crippen LogP contribution in [0.4, 0.5) is 10.5 Å². The van der Waals surface area contributed by atoms with E-state index in [1.165, 1.54) is 11.1 Å². The minimum absolute atomic E-state index is 0.205. The van der Waals surface area contributed by atoms with Crippen molar-refractivity contribution in [2.24, 2.45) is 0 Å². The molecule has 4 heteroatoms. The van der Waals surface area contributed by atoms with Gasteiger partial charge in [-0.1, -0.05) is 24.3 Å². The van der Waals surface area contributed by atoms with Crippen LogP contribution in [0.25, 0.3) is 10.9 Å². The number of amides is 2. The van der Waals surface area contributed by atoms with Crippen molar-refractivity contribution in [2.75, 3.05) is 5.32 Å². The molecule has 0 unspecified atom stereocenters. The highest BCUT2D eigenvalue weighted by atomic mass is 16.2. The first-order valence-electron chi connectivity index (χ1n) is 7.30. The van der Waals surface area contributed by atoms with Crippen molar-refractivity contribution < 1.29 is 4.79 Å². The van der Waals surface area contributed by atoms with Crippen molar-refractivity contribution in [3.63, 3.8) is 0 Å². The fourth-order valence-corrected chi connectivity index (χ4v) is 2.40. The second-order valence-electron chi connectivity index (χ2n) is 5.51. The maximum absolute atomic E-state index is 12.0. The Hall–Kier alpha value is -2.75. The smallest absolute Gasteiger partial charge is 0.319 e. The Labute approximate surface area is 129 Å². The molecular formula is C18H19N3O. The molecular weight excluding hydrogens is 274 g/mol. The average molecular weight is 293 g/mol. The minimum atomic E-state index is -0.205. The van der Waals surface area contributed by atoms with E-state index in [9.17, 15) is 4.79 Å². The van der Waals surface area contributed by atoms with Crippen molar-refractivity contribution in [3.05, 3.63) is 65.4 Å². The number of anilines is 1. The zero-order valence-electron chi connectivity index (χ0n) is 12.7. The van der Waals surface area contributed by atoms with E-state index in [1.54, 1.807) is 0 Å². The van der Waals surface area contributed by atoms with E-state index in [0.29, 0.717) is 6.54 Å². The predicted molar refractivity (Wildman–Crippen MR) is 90.1 cm³/mol. The molecule has 1 aromatic heterocycles. The van der Waals surface area contributed by atoms with Gasteiger partial charge in [-0.2, -0.15) is 0 Å². The summed E-state index contributed by atoms with van der Waals surface area (Å²) in [7, 11) is 0. The van der Waals surface area contributed by atoms with Gasteiger partial charge in [0.2, 0.25) is 0 Å². The number of urea groups is 1. The Bertz CT molecular complexity index is 820. The lowest BCUT2D eigenvalue weighted by molar-refractivity contribution is 0.251. The van der Waals surface area contributed by atoms with Crippen LogP contribution in [0.2, 0.25) is 0 Å². The highest BCUT2D eigenvalue weighted by Crippen LogP contribution is 2.17. The third-order valence-corrected chi connectivity index (χ3v) is 3.84. The summed E-state index contributed by atoms with van der Waals surface area (Å²) in [5.41, 5.74) is 5.36. The van der Waals surface area contributed by atoms with E-state index in [4.69, 9.17) is 0 Å². The number of rotatable bonds is 3. The van der Waals surface area contributed by atoms with Gasteiger partial charge in [-0.3, -0.25) is 0 Å². The number of H-pyrrole nitrogens is 1. The molecule has 4 nitrogen and oxygen atoms in total. The van der Waals surface area contributed by atoms with Gasteiger partial charge in [0, 0.05) is 23.9 Å². The fraction of sp³-hybridized carbons (Fsp3) is 0.167. The number of aryl methyl sites for hydroxylation is 2. The summed E-state index contributed by atoms with van der Waals surface area (Å²) in [6.45, 7) is 4.66. The average Bonchev–Trinajstić information content (AvgIpc) is 2.96. The van der Waals surface area contributed by atoms with Crippen molar-refractivity contribution in [3.8, 4) is 0 Å². The number of nitrogens with one attached hydrogen (secondary N) is 3. The van der Waals surface area contributed by atoms with E-state index in [2.05, 4.69) is 41.6 Å². The van der Waals surface area contributed by atoms with Crippen LogP contribution in [-0.4, -0.2) is 11.0 Å². The van der Waals surface area contributed by atoms with Crippen LogP contribution >= 0.6 is 0 Å². The molecule has 0 bridgehead atoms. The molecule has 3 aromatic rings. The van der Waals surface area contributed by atoms with Gasteiger partial charge >= 0.3 is 6.03 Å². The molecule has 0 aliphatic carbocycles. The number of aromatic amines is 1. The summed E-state index contributed by atoms with van der Waals surface area (Å²) in [5.74, 6) is 0. The second-order valence-corrected chi connectivity index (χ2v) is 5.51. The van der Waals surface area contributed by atoms with Gasteiger partial charge in [-0.25, -0.2) is 4.79 Å². The number of fused-ring (bicyclic) bond motifs is 1.